The summed E-state index contributed by atoms with van der Waals surface area (Å²) < 4.78 is 0. The van der Waals surface area contributed by atoms with E-state index >= 15 is 0 Å². The topological polar surface area (TPSA) is 84.2 Å². The fourth-order valence-electron chi connectivity index (χ4n) is 0.915. The normalized spacial score (nSPS) is 10.9. The van der Waals surface area contributed by atoms with Gasteiger partial charge in [0.2, 0.25) is 11.8 Å². The Morgan fingerprint density at radius 2 is 1.79 bits per heavy atom. The highest BCUT2D eigenvalue weighted by Crippen LogP contribution is 2.01. The largest absolute Gasteiger partial charge is 0.355 e. The van der Waals surface area contributed by atoms with Crippen LogP contribution in [0.1, 0.15) is 27.2 Å². The second-order valence-corrected chi connectivity index (χ2v) is 3.90. The van der Waals surface area contributed by atoms with Crippen molar-refractivity contribution in [2.75, 3.05) is 13.1 Å². The van der Waals surface area contributed by atoms with Crippen LogP contribution in [0.4, 0.5) is 0 Å². The van der Waals surface area contributed by atoms with E-state index in [0.717, 1.165) is 0 Å². The summed E-state index contributed by atoms with van der Waals surface area (Å²) in [5, 5.41) is 5.07. The van der Waals surface area contributed by atoms with E-state index in [4.69, 9.17) is 5.73 Å². The summed E-state index contributed by atoms with van der Waals surface area (Å²) in [5.74, 6) is -0.389. The fourth-order valence-corrected chi connectivity index (χ4v) is 0.915. The zero-order chi connectivity index (χ0) is 11.2. The molecule has 0 aromatic carbocycles. The molecule has 0 saturated carbocycles. The van der Waals surface area contributed by atoms with Gasteiger partial charge in [-0.1, -0.05) is 0 Å². The van der Waals surface area contributed by atoms with Gasteiger partial charge in [-0.2, -0.15) is 0 Å². The molecule has 0 aromatic rings. The van der Waals surface area contributed by atoms with E-state index in [-0.39, 0.29) is 24.8 Å². The van der Waals surface area contributed by atoms with Gasteiger partial charge in [0.1, 0.15) is 0 Å². The molecule has 0 saturated heterocycles. The van der Waals surface area contributed by atoms with Crippen LogP contribution < -0.4 is 16.4 Å². The van der Waals surface area contributed by atoms with Crippen LogP contribution in [-0.4, -0.2) is 30.4 Å². The molecule has 0 aliphatic carbocycles. The minimum atomic E-state index is -0.536. The standard InChI is InChI=1S/C9H19N3O2/c1-4-11-8(14)6-12-7(13)5-9(2,3)10/h4-6,10H2,1-3H3,(H,11,14)(H,12,13). The minimum absolute atomic E-state index is 0.0166. The van der Waals surface area contributed by atoms with E-state index in [1.807, 2.05) is 6.92 Å². The molecule has 82 valence electrons. The molecule has 0 aromatic heterocycles. The summed E-state index contributed by atoms with van der Waals surface area (Å²) >= 11 is 0. The maximum atomic E-state index is 11.2. The van der Waals surface area contributed by atoms with Crippen LogP contribution in [0.15, 0.2) is 0 Å². The Labute approximate surface area is 84.4 Å². The summed E-state index contributed by atoms with van der Waals surface area (Å²) in [6.07, 6.45) is 0.215. The monoisotopic (exact) mass is 201 g/mol. The zero-order valence-corrected chi connectivity index (χ0v) is 9.02. The number of hydrogen-bond acceptors (Lipinski definition) is 3. The highest BCUT2D eigenvalue weighted by atomic mass is 16.2. The van der Waals surface area contributed by atoms with Crippen LogP contribution in [0.3, 0.4) is 0 Å². The predicted molar refractivity (Wildman–Crippen MR) is 54.6 cm³/mol. The van der Waals surface area contributed by atoms with E-state index < -0.39 is 5.54 Å². The average molecular weight is 201 g/mol. The van der Waals surface area contributed by atoms with Crippen LogP contribution in [0.25, 0.3) is 0 Å². The molecule has 0 bridgehead atoms. The SMILES string of the molecule is CCNC(=O)CNC(=O)CC(C)(C)N. The molecule has 5 nitrogen and oxygen atoms in total. The Morgan fingerprint density at radius 1 is 1.21 bits per heavy atom. The van der Waals surface area contributed by atoms with E-state index in [2.05, 4.69) is 10.6 Å². The Balaban J connectivity index is 3.70. The average Bonchev–Trinajstić information content (AvgIpc) is 1.98. The van der Waals surface area contributed by atoms with Gasteiger partial charge in [0, 0.05) is 18.5 Å². The third-order valence-electron chi connectivity index (χ3n) is 1.44. The van der Waals surface area contributed by atoms with Gasteiger partial charge in [0.25, 0.3) is 0 Å². The Hall–Kier alpha value is -1.10. The number of likely N-dealkylation sites (N-methyl/N-ethyl adjacent to an activating group) is 1. The second-order valence-electron chi connectivity index (χ2n) is 3.90. The van der Waals surface area contributed by atoms with Crippen LogP contribution in [0.2, 0.25) is 0 Å². The second kappa shape index (κ2) is 5.59. The highest BCUT2D eigenvalue weighted by molar-refractivity contribution is 5.84. The number of nitrogens with two attached hydrogens (primary N) is 1. The van der Waals surface area contributed by atoms with Crippen molar-refractivity contribution >= 4 is 11.8 Å². The molecule has 14 heavy (non-hydrogen) atoms. The quantitative estimate of drug-likeness (QED) is 0.553. The number of carbonyl (C=O) groups is 2. The van der Waals surface area contributed by atoms with Crippen molar-refractivity contribution in [1.82, 2.24) is 10.6 Å². The molecule has 2 amide bonds. The van der Waals surface area contributed by atoms with E-state index in [1.165, 1.54) is 0 Å². The van der Waals surface area contributed by atoms with Crippen LogP contribution >= 0.6 is 0 Å². The molecule has 0 radical (unpaired) electrons. The van der Waals surface area contributed by atoms with Gasteiger partial charge in [-0.3, -0.25) is 9.59 Å². The molecule has 0 aliphatic heterocycles. The van der Waals surface area contributed by atoms with E-state index in [1.54, 1.807) is 13.8 Å². The number of carbonyl (C=O) groups excluding carboxylic acids is 2. The lowest BCUT2D eigenvalue weighted by atomic mass is 10.0. The summed E-state index contributed by atoms with van der Waals surface area (Å²) in [6, 6.07) is 0. The number of nitrogens with one attached hydrogen (secondary N) is 2. The zero-order valence-electron chi connectivity index (χ0n) is 9.02. The van der Waals surface area contributed by atoms with Gasteiger partial charge >= 0.3 is 0 Å². The van der Waals surface area contributed by atoms with Crippen molar-refractivity contribution in [1.29, 1.82) is 0 Å². The maximum absolute atomic E-state index is 11.2. The lowest BCUT2D eigenvalue weighted by Gasteiger charge is -2.17. The third kappa shape index (κ3) is 7.54. The van der Waals surface area contributed by atoms with Crippen molar-refractivity contribution in [2.24, 2.45) is 5.73 Å². The third-order valence-corrected chi connectivity index (χ3v) is 1.44. The smallest absolute Gasteiger partial charge is 0.239 e. The van der Waals surface area contributed by atoms with Crippen molar-refractivity contribution in [3.63, 3.8) is 0 Å². The van der Waals surface area contributed by atoms with Crippen LogP contribution in [0.5, 0.6) is 0 Å². The molecule has 0 rings (SSSR count). The van der Waals surface area contributed by atoms with Crippen LogP contribution in [0, 0.1) is 0 Å². The van der Waals surface area contributed by atoms with Gasteiger partial charge in [-0.25, -0.2) is 0 Å². The lowest BCUT2D eigenvalue weighted by Crippen LogP contribution is -2.42. The predicted octanol–water partition coefficient (Wildman–Crippen LogP) is -0.634. The molecule has 0 unspecified atom stereocenters. The first-order valence-electron chi connectivity index (χ1n) is 4.67. The fraction of sp³-hybridized carbons (Fsp3) is 0.778. The van der Waals surface area contributed by atoms with Crippen molar-refractivity contribution < 1.29 is 9.59 Å². The van der Waals surface area contributed by atoms with Gasteiger partial charge in [0.15, 0.2) is 0 Å². The Bertz CT molecular complexity index is 209. The molecule has 0 heterocycles. The molecule has 0 fully saturated rings. The molecule has 0 aliphatic rings. The van der Waals surface area contributed by atoms with Crippen molar-refractivity contribution in [3.8, 4) is 0 Å². The number of amides is 2. The summed E-state index contributed by atoms with van der Waals surface area (Å²) in [6.45, 7) is 5.93. The minimum Gasteiger partial charge on any atom is -0.355 e. The van der Waals surface area contributed by atoms with Gasteiger partial charge < -0.3 is 16.4 Å². The molecular formula is C9H19N3O2. The summed E-state index contributed by atoms with van der Waals surface area (Å²) in [4.78, 5) is 22.2. The Morgan fingerprint density at radius 3 is 2.21 bits per heavy atom. The first kappa shape index (κ1) is 12.9. The molecule has 5 heteroatoms. The lowest BCUT2D eigenvalue weighted by molar-refractivity contribution is -0.126. The highest BCUT2D eigenvalue weighted by Gasteiger charge is 2.16. The van der Waals surface area contributed by atoms with Crippen molar-refractivity contribution in [3.05, 3.63) is 0 Å². The number of hydrogen-bond donors (Lipinski definition) is 3. The Kier molecular flexibility index (Phi) is 5.15. The molecule has 0 spiro atoms. The molecular weight excluding hydrogens is 182 g/mol. The molecule has 4 N–H and O–H groups in total. The molecule has 0 atom stereocenters. The van der Waals surface area contributed by atoms with Gasteiger partial charge in [-0.05, 0) is 20.8 Å². The first-order valence-corrected chi connectivity index (χ1v) is 4.67. The van der Waals surface area contributed by atoms with E-state index in [0.29, 0.717) is 6.54 Å². The van der Waals surface area contributed by atoms with Gasteiger partial charge in [-0.15, -0.1) is 0 Å². The maximum Gasteiger partial charge on any atom is 0.239 e. The van der Waals surface area contributed by atoms with E-state index in [9.17, 15) is 9.59 Å². The first-order chi connectivity index (χ1) is 6.35. The summed E-state index contributed by atoms with van der Waals surface area (Å²) in [5.41, 5.74) is 5.10. The van der Waals surface area contributed by atoms with Crippen molar-refractivity contribution in [2.45, 2.75) is 32.7 Å². The number of rotatable bonds is 5. The summed E-state index contributed by atoms with van der Waals surface area (Å²) in [7, 11) is 0. The van der Waals surface area contributed by atoms with Gasteiger partial charge in [0.05, 0.1) is 6.54 Å². The van der Waals surface area contributed by atoms with Crippen LogP contribution in [-0.2, 0) is 9.59 Å².